The number of benzene rings is 1. The van der Waals surface area contributed by atoms with E-state index in [0.29, 0.717) is 11.1 Å². The third-order valence-electron chi connectivity index (χ3n) is 3.12. The van der Waals surface area contributed by atoms with Crippen molar-refractivity contribution in [3.05, 3.63) is 35.4 Å². The second kappa shape index (κ2) is 4.90. The third kappa shape index (κ3) is 2.99. The highest BCUT2D eigenvalue weighted by molar-refractivity contribution is 5.75. The van der Waals surface area contributed by atoms with E-state index in [1.54, 1.807) is 45.0 Å². The van der Waals surface area contributed by atoms with Crippen LogP contribution in [0.1, 0.15) is 36.7 Å². The lowest BCUT2D eigenvalue weighted by Gasteiger charge is -2.46. The standard InChI is InChI=1S/C15H19NO4/c1-14(2,3)20-13(18)16-9-15(19,10-16)12-6-4-5-11(7-12)8-17/h4-8,19H,9-10H2,1-3H3. The van der Waals surface area contributed by atoms with E-state index in [-0.39, 0.29) is 13.1 Å². The van der Waals surface area contributed by atoms with E-state index in [1.165, 1.54) is 4.90 Å². The largest absolute Gasteiger partial charge is 0.444 e. The molecule has 2 rings (SSSR count). The first-order valence-corrected chi connectivity index (χ1v) is 6.49. The summed E-state index contributed by atoms with van der Waals surface area (Å²) >= 11 is 0. The Kier molecular flexibility index (Phi) is 3.56. The molecule has 0 aliphatic carbocycles. The Balaban J connectivity index is 2.03. The maximum atomic E-state index is 11.8. The molecule has 5 nitrogen and oxygen atoms in total. The van der Waals surface area contributed by atoms with Gasteiger partial charge in [0.25, 0.3) is 0 Å². The number of nitrogens with zero attached hydrogens (tertiary/aromatic N) is 1. The first kappa shape index (κ1) is 14.5. The molecule has 1 aromatic carbocycles. The van der Waals surface area contributed by atoms with E-state index >= 15 is 0 Å². The third-order valence-corrected chi connectivity index (χ3v) is 3.12. The van der Waals surface area contributed by atoms with Gasteiger partial charge < -0.3 is 14.7 Å². The van der Waals surface area contributed by atoms with E-state index in [9.17, 15) is 14.7 Å². The van der Waals surface area contributed by atoms with Crippen LogP contribution < -0.4 is 0 Å². The van der Waals surface area contributed by atoms with Crippen LogP contribution in [0.4, 0.5) is 4.79 Å². The van der Waals surface area contributed by atoms with Crippen LogP contribution in [0.3, 0.4) is 0 Å². The van der Waals surface area contributed by atoms with Crippen molar-refractivity contribution in [2.24, 2.45) is 0 Å². The summed E-state index contributed by atoms with van der Waals surface area (Å²) in [7, 11) is 0. The summed E-state index contributed by atoms with van der Waals surface area (Å²) in [4.78, 5) is 24.0. The summed E-state index contributed by atoms with van der Waals surface area (Å²) in [6, 6.07) is 6.77. The van der Waals surface area contributed by atoms with Crippen molar-refractivity contribution in [1.82, 2.24) is 4.90 Å². The van der Waals surface area contributed by atoms with Gasteiger partial charge in [-0.05, 0) is 32.4 Å². The molecule has 0 saturated carbocycles. The highest BCUT2D eigenvalue weighted by atomic mass is 16.6. The fourth-order valence-electron chi connectivity index (χ4n) is 2.12. The van der Waals surface area contributed by atoms with Gasteiger partial charge in [0, 0.05) is 5.56 Å². The summed E-state index contributed by atoms with van der Waals surface area (Å²) in [5.41, 5.74) is -0.508. The smallest absolute Gasteiger partial charge is 0.410 e. The normalized spacial score (nSPS) is 17.3. The maximum Gasteiger partial charge on any atom is 0.410 e. The van der Waals surface area contributed by atoms with Crippen LogP contribution in [-0.4, -0.2) is 41.1 Å². The van der Waals surface area contributed by atoms with E-state index < -0.39 is 17.3 Å². The highest BCUT2D eigenvalue weighted by Crippen LogP contribution is 2.33. The molecule has 1 aliphatic heterocycles. The van der Waals surface area contributed by atoms with E-state index in [4.69, 9.17) is 4.74 Å². The number of hydrogen-bond donors (Lipinski definition) is 1. The Morgan fingerprint density at radius 3 is 2.60 bits per heavy atom. The fraction of sp³-hybridized carbons (Fsp3) is 0.467. The predicted molar refractivity (Wildman–Crippen MR) is 73.5 cm³/mol. The molecule has 0 bridgehead atoms. The van der Waals surface area contributed by atoms with Gasteiger partial charge in [0.2, 0.25) is 0 Å². The first-order chi connectivity index (χ1) is 9.23. The lowest BCUT2D eigenvalue weighted by Crippen LogP contribution is -2.61. The molecule has 1 aromatic rings. The summed E-state index contributed by atoms with van der Waals surface area (Å²) < 4.78 is 5.24. The fourth-order valence-corrected chi connectivity index (χ4v) is 2.12. The first-order valence-electron chi connectivity index (χ1n) is 6.49. The van der Waals surface area contributed by atoms with Crippen molar-refractivity contribution >= 4 is 12.4 Å². The quantitative estimate of drug-likeness (QED) is 0.839. The van der Waals surface area contributed by atoms with Crippen LogP contribution in [0.5, 0.6) is 0 Å². The molecule has 0 radical (unpaired) electrons. The number of amides is 1. The van der Waals surface area contributed by atoms with Gasteiger partial charge in [0.1, 0.15) is 17.5 Å². The number of aliphatic hydroxyl groups is 1. The van der Waals surface area contributed by atoms with Crippen molar-refractivity contribution < 1.29 is 19.4 Å². The number of β-amino-alcohol motifs (C(OH)–C–C–N with tert-alkyl or cyclic N) is 1. The van der Waals surface area contributed by atoms with Crippen LogP contribution in [0.2, 0.25) is 0 Å². The molecular formula is C15H19NO4. The molecule has 1 saturated heterocycles. The molecule has 0 aromatic heterocycles. The lowest BCUT2D eigenvalue weighted by molar-refractivity contribution is -0.103. The molecule has 0 unspecified atom stereocenters. The Morgan fingerprint density at radius 1 is 1.40 bits per heavy atom. The molecule has 20 heavy (non-hydrogen) atoms. The van der Waals surface area contributed by atoms with Crippen LogP contribution in [0.25, 0.3) is 0 Å². The second-order valence-electron chi connectivity index (χ2n) is 6.11. The number of rotatable bonds is 2. The SMILES string of the molecule is CC(C)(C)OC(=O)N1CC(O)(c2cccc(C=O)c2)C1. The molecule has 0 atom stereocenters. The molecule has 1 heterocycles. The van der Waals surface area contributed by atoms with E-state index in [0.717, 1.165) is 6.29 Å². The minimum absolute atomic E-state index is 0.171. The molecule has 1 amide bonds. The van der Waals surface area contributed by atoms with Crippen molar-refractivity contribution in [3.63, 3.8) is 0 Å². The Morgan fingerprint density at radius 2 is 2.05 bits per heavy atom. The average Bonchev–Trinajstić information content (AvgIpc) is 2.33. The second-order valence-corrected chi connectivity index (χ2v) is 6.11. The van der Waals surface area contributed by atoms with Crippen molar-refractivity contribution in [2.75, 3.05) is 13.1 Å². The van der Waals surface area contributed by atoms with Gasteiger partial charge >= 0.3 is 6.09 Å². The van der Waals surface area contributed by atoms with Gasteiger partial charge in [0.05, 0.1) is 13.1 Å². The minimum atomic E-state index is -1.10. The molecule has 108 valence electrons. The minimum Gasteiger partial charge on any atom is -0.444 e. The van der Waals surface area contributed by atoms with Gasteiger partial charge in [-0.3, -0.25) is 4.79 Å². The summed E-state index contributed by atoms with van der Waals surface area (Å²) in [5.74, 6) is 0. The Hall–Kier alpha value is -1.88. The van der Waals surface area contributed by atoms with Gasteiger partial charge in [-0.15, -0.1) is 0 Å². The molecule has 5 heteroatoms. The monoisotopic (exact) mass is 277 g/mol. The van der Waals surface area contributed by atoms with Crippen molar-refractivity contribution in [3.8, 4) is 0 Å². The molecule has 0 spiro atoms. The summed E-state index contributed by atoms with van der Waals surface area (Å²) in [5, 5.41) is 10.5. The van der Waals surface area contributed by atoms with Gasteiger partial charge in [0.15, 0.2) is 0 Å². The maximum absolute atomic E-state index is 11.8. The van der Waals surface area contributed by atoms with Crippen LogP contribution >= 0.6 is 0 Å². The number of carbonyl (C=O) groups is 2. The summed E-state index contributed by atoms with van der Waals surface area (Å²) in [6.45, 7) is 5.73. The number of carbonyl (C=O) groups excluding carboxylic acids is 2. The average molecular weight is 277 g/mol. The van der Waals surface area contributed by atoms with Crippen molar-refractivity contribution in [1.29, 1.82) is 0 Å². The number of likely N-dealkylation sites (tertiary alicyclic amines) is 1. The van der Waals surface area contributed by atoms with Crippen LogP contribution in [-0.2, 0) is 10.3 Å². The topological polar surface area (TPSA) is 66.8 Å². The van der Waals surface area contributed by atoms with Crippen LogP contribution in [0.15, 0.2) is 24.3 Å². The summed E-state index contributed by atoms with van der Waals surface area (Å²) in [6.07, 6.45) is 0.297. The zero-order valence-corrected chi connectivity index (χ0v) is 11.9. The Labute approximate surface area is 118 Å². The zero-order valence-electron chi connectivity index (χ0n) is 11.9. The van der Waals surface area contributed by atoms with E-state index in [1.807, 2.05) is 0 Å². The molecular weight excluding hydrogens is 258 g/mol. The zero-order chi connectivity index (χ0) is 15.0. The number of aldehydes is 1. The van der Waals surface area contributed by atoms with Gasteiger partial charge in [-0.1, -0.05) is 18.2 Å². The van der Waals surface area contributed by atoms with Gasteiger partial charge in [-0.2, -0.15) is 0 Å². The van der Waals surface area contributed by atoms with Crippen LogP contribution in [0, 0.1) is 0 Å². The predicted octanol–water partition coefficient (Wildman–Crippen LogP) is 1.94. The number of ether oxygens (including phenoxy) is 1. The van der Waals surface area contributed by atoms with E-state index in [2.05, 4.69) is 0 Å². The van der Waals surface area contributed by atoms with Gasteiger partial charge in [-0.25, -0.2) is 4.79 Å². The highest BCUT2D eigenvalue weighted by Gasteiger charge is 2.46. The number of hydrogen-bond acceptors (Lipinski definition) is 4. The molecule has 1 fully saturated rings. The lowest BCUT2D eigenvalue weighted by atomic mass is 9.86. The molecule has 1 N–H and O–H groups in total. The molecule has 1 aliphatic rings. The Bertz CT molecular complexity index is 527. The van der Waals surface area contributed by atoms with Crippen molar-refractivity contribution in [2.45, 2.75) is 32.0 Å².